The first-order valence-corrected chi connectivity index (χ1v) is 22.2. The summed E-state index contributed by atoms with van der Waals surface area (Å²) in [5.74, 6) is -75.9. The average Bonchev–Trinajstić information content (AvgIpc) is 3.23. The van der Waals surface area contributed by atoms with Crippen LogP contribution in [0.2, 0.25) is 0 Å². The van der Waals surface area contributed by atoms with Gasteiger partial charge in [-0.25, -0.2) is 0 Å². The van der Waals surface area contributed by atoms with Crippen molar-refractivity contribution < 1.29 is 124 Å². The van der Waals surface area contributed by atoms with Gasteiger partial charge in [-0.1, -0.05) is 51.4 Å². The number of thioether (sulfide) groups is 2. The summed E-state index contributed by atoms with van der Waals surface area (Å²) < 4.78 is 356. The Bertz CT molecular complexity index is 1750. The number of benzene rings is 2. The predicted molar refractivity (Wildman–Crippen MR) is 202 cm³/mol. The van der Waals surface area contributed by atoms with Gasteiger partial charge in [-0.2, -0.15) is 114 Å². The van der Waals surface area contributed by atoms with Gasteiger partial charge in [-0.05, 0) is 61.4 Å². The molecule has 0 aliphatic carbocycles. The van der Waals surface area contributed by atoms with Crippen LogP contribution in [0.1, 0.15) is 77.0 Å². The van der Waals surface area contributed by atoms with E-state index in [9.17, 15) is 114 Å². The molecule has 2 aromatic carbocycles. The summed E-state index contributed by atoms with van der Waals surface area (Å²) in [5, 5.41) is 0. The van der Waals surface area contributed by atoms with E-state index >= 15 is 0 Å². The van der Waals surface area contributed by atoms with Gasteiger partial charge in [0.05, 0.1) is 13.2 Å². The highest BCUT2D eigenvalue weighted by atomic mass is 32.2. The van der Waals surface area contributed by atoms with E-state index in [0.717, 1.165) is 51.4 Å². The van der Waals surface area contributed by atoms with Crippen LogP contribution in [-0.4, -0.2) is 96.3 Å². The zero-order valence-corrected chi connectivity index (χ0v) is 37.0. The fraction of sp³-hybridized carbons (Fsp3) is 0.700. The minimum Gasteiger partial charge on any atom is -0.494 e. The van der Waals surface area contributed by atoms with Crippen molar-refractivity contribution in [2.45, 2.75) is 158 Å². The first-order valence-electron chi connectivity index (χ1n) is 20.2. The zero-order chi connectivity index (χ0) is 54.1. The molecule has 406 valence electrons. The lowest BCUT2D eigenvalue weighted by Crippen LogP contribution is -2.70. The second-order valence-electron chi connectivity index (χ2n) is 15.4. The van der Waals surface area contributed by atoms with E-state index in [-0.39, 0.29) is 34.5 Å². The molecule has 70 heavy (non-hydrogen) atoms. The number of halogens is 26. The van der Waals surface area contributed by atoms with Gasteiger partial charge in [-0.3, -0.25) is 0 Å². The fourth-order valence-electron chi connectivity index (χ4n) is 5.77. The minimum atomic E-state index is -7.95. The Hall–Kier alpha value is -3.08. The molecule has 0 aliphatic rings. The molecule has 0 saturated carbocycles. The molecule has 2 nitrogen and oxygen atoms in total. The Labute approximate surface area is 389 Å². The second-order valence-corrected chi connectivity index (χ2v) is 17.7. The van der Waals surface area contributed by atoms with Crippen LogP contribution in [0.15, 0.2) is 58.3 Å². The van der Waals surface area contributed by atoms with Crippen molar-refractivity contribution in [1.29, 1.82) is 0 Å². The van der Waals surface area contributed by atoms with Gasteiger partial charge in [-0.15, -0.1) is 23.5 Å². The maximum atomic E-state index is 14.0. The second kappa shape index (κ2) is 23.4. The smallest absolute Gasteiger partial charge is 0.460 e. The molecule has 2 aromatic rings. The van der Waals surface area contributed by atoms with Crippen LogP contribution in [0.4, 0.5) is 114 Å². The minimum absolute atomic E-state index is 0.0649. The van der Waals surface area contributed by atoms with Crippen LogP contribution in [0.25, 0.3) is 0 Å². The number of rotatable bonds is 31. The Morgan fingerprint density at radius 3 is 0.757 bits per heavy atom. The molecule has 0 N–H and O–H groups in total. The highest BCUT2D eigenvalue weighted by molar-refractivity contribution is 7.99. The predicted octanol–water partition coefficient (Wildman–Crippen LogP) is 17.5. The Morgan fingerprint density at radius 1 is 0.286 bits per heavy atom. The summed E-state index contributed by atoms with van der Waals surface area (Å²) in [6.45, 7) is 0.484. The lowest BCUT2D eigenvalue weighted by atomic mass is 9.93. The fourth-order valence-corrected chi connectivity index (χ4v) is 7.62. The number of alkyl halides is 26. The standard InChI is InChI=1S/C40H40F26O2S2/c41-29(42,31(45,46)33(49,50)35(53,54)37(57,58)39(61,62)63)19-23-69-27-15-11-25(12-16-27)67-21-9-7-5-3-1-2-4-6-8-10-22-68-26-13-17-28(18-14-26)70-24-20-30(43,44)32(47,48)34(51,52)36(55,56)38(59,60)40(64,65)66/h11-18H,1-10,19-24H2. The van der Waals surface area contributed by atoms with Crippen molar-refractivity contribution in [2.24, 2.45) is 0 Å². The van der Waals surface area contributed by atoms with Crippen molar-refractivity contribution in [3.63, 3.8) is 0 Å². The molecule has 0 aromatic heterocycles. The molecule has 2 rings (SSSR count). The number of hydrogen-bond acceptors (Lipinski definition) is 4. The Kier molecular flexibility index (Phi) is 21.1. The third kappa shape index (κ3) is 13.9. The quantitative estimate of drug-likeness (QED) is 0.0425. The average molecular weight is 1110 g/mol. The first kappa shape index (κ1) is 63.0. The molecule has 0 saturated heterocycles. The van der Waals surface area contributed by atoms with Gasteiger partial charge >= 0.3 is 71.6 Å². The number of hydrogen-bond donors (Lipinski definition) is 0. The molecule has 0 fully saturated rings. The summed E-state index contributed by atoms with van der Waals surface area (Å²) in [6.07, 6.45) is -11.5. The molecule has 0 heterocycles. The molecule has 0 bridgehead atoms. The van der Waals surface area contributed by atoms with Crippen molar-refractivity contribution in [3.05, 3.63) is 48.5 Å². The molecule has 0 aliphatic heterocycles. The zero-order valence-electron chi connectivity index (χ0n) is 35.4. The van der Waals surface area contributed by atoms with E-state index in [1.165, 1.54) is 48.5 Å². The summed E-state index contributed by atoms with van der Waals surface area (Å²) in [6, 6.07) is 10.2. The third-order valence-corrected chi connectivity index (χ3v) is 12.1. The van der Waals surface area contributed by atoms with E-state index in [2.05, 4.69) is 0 Å². The summed E-state index contributed by atoms with van der Waals surface area (Å²) in [5.41, 5.74) is 0. The molecule has 0 radical (unpaired) electrons. The first-order chi connectivity index (χ1) is 31.6. The van der Waals surface area contributed by atoms with Gasteiger partial charge < -0.3 is 9.47 Å². The molecule has 0 atom stereocenters. The number of ether oxygens (including phenoxy) is 2. The molecule has 0 spiro atoms. The van der Waals surface area contributed by atoms with Gasteiger partial charge in [0.2, 0.25) is 0 Å². The van der Waals surface area contributed by atoms with Crippen LogP contribution in [0.5, 0.6) is 11.5 Å². The molecule has 0 unspecified atom stereocenters. The molecule has 30 heteroatoms. The third-order valence-electron chi connectivity index (χ3n) is 10.1. The van der Waals surface area contributed by atoms with Gasteiger partial charge in [0, 0.05) is 34.1 Å². The lowest BCUT2D eigenvalue weighted by Gasteiger charge is -2.39. The van der Waals surface area contributed by atoms with E-state index < -0.39 is 95.9 Å². The van der Waals surface area contributed by atoms with Crippen LogP contribution in [0, 0.1) is 0 Å². The van der Waals surface area contributed by atoms with Crippen LogP contribution < -0.4 is 9.47 Å². The maximum Gasteiger partial charge on any atom is 0.460 e. The van der Waals surface area contributed by atoms with E-state index in [4.69, 9.17) is 9.47 Å². The lowest BCUT2D eigenvalue weighted by molar-refractivity contribution is -0.439. The van der Waals surface area contributed by atoms with Crippen molar-refractivity contribution >= 4 is 23.5 Å². The monoisotopic (exact) mass is 1110 g/mol. The van der Waals surface area contributed by atoms with E-state index in [0.29, 0.717) is 36.4 Å². The highest BCUT2D eigenvalue weighted by Crippen LogP contribution is 2.62. The topological polar surface area (TPSA) is 18.5 Å². The number of unbranched alkanes of at least 4 members (excludes halogenated alkanes) is 9. The highest BCUT2D eigenvalue weighted by Gasteiger charge is 2.92. The normalized spacial score (nSPS) is 14.6. The summed E-state index contributed by atoms with van der Waals surface area (Å²) >= 11 is 0.663. The summed E-state index contributed by atoms with van der Waals surface area (Å²) in [7, 11) is 0. The van der Waals surface area contributed by atoms with Crippen LogP contribution in [-0.2, 0) is 0 Å². The van der Waals surface area contributed by atoms with E-state index in [1.807, 2.05) is 0 Å². The van der Waals surface area contributed by atoms with Gasteiger partial charge in [0.25, 0.3) is 0 Å². The Morgan fingerprint density at radius 2 is 0.514 bits per heavy atom. The SMILES string of the molecule is FC(F)(F)C(F)(F)C(F)(F)C(F)(F)C(F)(F)C(F)(F)CCSc1ccc(OCCCCCCCCCCCCOc2ccc(SCCC(F)(F)C(F)(F)C(F)(F)C(F)(F)C(F)(F)C(F)(F)F)cc2)cc1. The van der Waals surface area contributed by atoms with Crippen molar-refractivity contribution in [1.82, 2.24) is 0 Å². The molecular weight excluding hydrogens is 1070 g/mol. The van der Waals surface area contributed by atoms with Gasteiger partial charge in [0.1, 0.15) is 11.5 Å². The van der Waals surface area contributed by atoms with E-state index in [1.54, 1.807) is 0 Å². The molecular formula is C40H40F26O2S2. The Balaban J connectivity index is 1.60. The van der Waals surface area contributed by atoms with Crippen LogP contribution in [0.3, 0.4) is 0 Å². The van der Waals surface area contributed by atoms with Crippen LogP contribution >= 0.6 is 23.5 Å². The van der Waals surface area contributed by atoms with Gasteiger partial charge in [0.15, 0.2) is 0 Å². The summed E-state index contributed by atoms with van der Waals surface area (Å²) in [4.78, 5) is 0.130. The largest absolute Gasteiger partial charge is 0.494 e. The molecule has 0 amide bonds. The van der Waals surface area contributed by atoms with Crippen molar-refractivity contribution in [3.8, 4) is 11.5 Å². The van der Waals surface area contributed by atoms with Crippen molar-refractivity contribution in [2.75, 3.05) is 24.7 Å². The maximum absolute atomic E-state index is 14.0.